The summed E-state index contributed by atoms with van der Waals surface area (Å²) < 4.78 is 10.2. The Kier molecular flexibility index (Phi) is 3.12. The first kappa shape index (κ1) is 13.1. The number of benzene rings is 2. The van der Waals surface area contributed by atoms with E-state index in [4.69, 9.17) is 4.74 Å². The van der Waals surface area contributed by atoms with Gasteiger partial charge in [-0.25, -0.2) is 4.98 Å². The molecule has 0 amide bonds. The van der Waals surface area contributed by atoms with Crippen LogP contribution in [0.15, 0.2) is 63.8 Å². The van der Waals surface area contributed by atoms with Crippen LogP contribution in [-0.2, 0) is 0 Å². The van der Waals surface area contributed by atoms with Crippen molar-refractivity contribution in [2.75, 3.05) is 0 Å². The Morgan fingerprint density at radius 1 is 1.05 bits per heavy atom. The van der Waals surface area contributed by atoms with Crippen LogP contribution in [0.3, 0.4) is 0 Å². The first-order valence-electron chi connectivity index (χ1n) is 6.48. The molecule has 0 radical (unpaired) electrons. The summed E-state index contributed by atoms with van der Waals surface area (Å²) in [6.07, 6.45) is 1.59. The van der Waals surface area contributed by atoms with Crippen LogP contribution in [0.5, 0.6) is 5.75 Å². The van der Waals surface area contributed by atoms with Crippen molar-refractivity contribution < 1.29 is 4.74 Å². The van der Waals surface area contributed by atoms with Crippen LogP contribution in [0.2, 0.25) is 0 Å². The standard InChI is InChI=1S/C16H10Br2N2O/c17-11-6-7-12-13(8-11)21-16(10-4-2-1-3-5-10)20-14(18)9-19-15(12)20/h1-9,16H. The Balaban J connectivity index is 1.94. The fourth-order valence-electron chi connectivity index (χ4n) is 2.55. The van der Waals surface area contributed by atoms with Gasteiger partial charge in [0.25, 0.3) is 0 Å². The maximum absolute atomic E-state index is 6.23. The Morgan fingerprint density at radius 2 is 1.86 bits per heavy atom. The summed E-state index contributed by atoms with van der Waals surface area (Å²) in [5, 5.41) is 0. The summed E-state index contributed by atoms with van der Waals surface area (Å²) in [7, 11) is 0. The zero-order valence-corrected chi connectivity index (χ0v) is 14.0. The average Bonchev–Trinajstić information content (AvgIpc) is 2.89. The highest BCUT2D eigenvalue weighted by Gasteiger charge is 2.29. The topological polar surface area (TPSA) is 27.1 Å². The van der Waals surface area contributed by atoms with Gasteiger partial charge in [0.2, 0.25) is 6.23 Å². The van der Waals surface area contributed by atoms with Crippen molar-refractivity contribution in [1.82, 2.24) is 9.55 Å². The summed E-state index contributed by atoms with van der Waals surface area (Å²) in [5.74, 6) is 1.74. The lowest BCUT2D eigenvalue weighted by Gasteiger charge is -2.29. The number of imidazole rings is 1. The molecule has 2 heterocycles. The van der Waals surface area contributed by atoms with E-state index < -0.39 is 0 Å². The number of aromatic nitrogens is 2. The molecule has 0 spiro atoms. The SMILES string of the molecule is Brc1ccc2c(c1)OC(c1ccccc1)n1c(Br)cnc1-2. The molecule has 104 valence electrons. The zero-order valence-electron chi connectivity index (χ0n) is 10.8. The normalized spacial score (nSPS) is 16.0. The third-order valence-electron chi connectivity index (χ3n) is 3.49. The highest BCUT2D eigenvalue weighted by Crippen LogP contribution is 2.42. The molecule has 1 atom stereocenters. The molecule has 1 aromatic heterocycles. The van der Waals surface area contributed by atoms with Crippen molar-refractivity contribution >= 4 is 31.9 Å². The fraction of sp³-hybridized carbons (Fsp3) is 0.0625. The number of fused-ring (bicyclic) bond motifs is 3. The van der Waals surface area contributed by atoms with Crippen LogP contribution >= 0.6 is 31.9 Å². The van der Waals surface area contributed by atoms with Gasteiger partial charge in [0, 0.05) is 10.0 Å². The molecule has 21 heavy (non-hydrogen) atoms. The van der Waals surface area contributed by atoms with Gasteiger partial charge in [-0.05, 0) is 34.1 Å². The van der Waals surface area contributed by atoms with E-state index in [1.165, 1.54) is 0 Å². The Morgan fingerprint density at radius 3 is 2.67 bits per heavy atom. The van der Waals surface area contributed by atoms with Gasteiger partial charge in [0.15, 0.2) is 0 Å². The van der Waals surface area contributed by atoms with Gasteiger partial charge in [-0.3, -0.25) is 4.57 Å². The predicted molar refractivity (Wildman–Crippen MR) is 88.3 cm³/mol. The van der Waals surface area contributed by atoms with Crippen LogP contribution < -0.4 is 4.74 Å². The quantitative estimate of drug-likeness (QED) is 0.568. The van der Waals surface area contributed by atoms with Crippen molar-refractivity contribution in [3.63, 3.8) is 0 Å². The largest absolute Gasteiger partial charge is 0.465 e. The summed E-state index contributed by atoms with van der Waals surface area (Å²) in [5.41, 5.74) is 2.08. The van der Waals surface area contributed by atoms with Crippen LogP contribution in [0, 0.1) is 0 Å². The van der Waals surface area contributed by atoms with E-state index in [1.807, 2.05) is 42.6 Å². The molecule has 0 N–H and O–H groups in total. The minimum absolute atomic E-state index is 0.222. The first-order chi connectivity index (χ1) is 10.2. The van der Waals surface area contributed by atoms with E-state index in [2.05, 4.69) is 53.5 Å². The number of hydrogen-bond acceptors (Lipinski definition) is 2. The lowest BCUT2D eigenvalue weighted by Crippen LogP contribution is -2.22. The van der Waals surface area contributed by atoms with Gasteiger partial charge in [-0.15, -0.1) is 0 Å². The van der Waals surface area contributed by atoms with Crippen LogP contribution in [-0.4, -0.2) is 9.55 Å². The second-order valence-electron chi connectivity index (χ2n) is 4.80. The summed E-state index contributed by atoms with van der Waals surface area (Å²) in [4.78, 5) is 4.52. The molecule has 0 fully saturated rings. The number of ether oxygens (including phenoxy) is 1. The lowest BCUT2D eigenvalue weighted by atomic mass is 10.1. The van der Waals surface area contributed by atoms with Gasteiger partial charge >= 0.3 is 0 Å². The van der Waals surface area contributed by atoms with Crippen LogP contribution in [0.1, 0.15) is 11.8 Å². The molecule has 1 aliphatic heterocycles. The second-order valence-corrected chi connectivity index (χ2v) is 6.52. The Bertz CT molecular complexity index is 814. The molecule has 5 heteroatoms. The smallest absolute Gasteiger partial charge is 0.204 e. The van der Waals surface area contributed by atoms with Gasteiger partial charge in [-0.1, -0.05) is 46.3 Å². The average molecular weight is 406 g/mol. The van der Waals surface area contributed by atoms with Crippen LogP contribution in [0.25, 0.3) is 11.4 Å². The highest BCUT2D eigenvalue weighted by atomic mass is 79.9. The summed E-state index contributed by atoms with van der Waals surface area (Å²) >= 11 is 7.06. The molecular formula is C16H10Br2N2O. The Labute approximate surface area is 138 Å². The molecule has 1 unspecified atom stereocenters. The van der Waals surface area contributed by atoms with E-state index in [0.29, 0.717) is 0 Å². The third-order valence-corrected chi connectivity index (χ3v) is 4.57. The predicted octanol–water partition coefficient (Wildman–Crippen LogP) is 5.01. The summed E-state index contributed by atoms with van der Waals surface area (Å²) in [6.45, 7) is 0. The molecular weight excluding hydrogens is 396 g/mol. The van der Waals surface area contributed by atoms with E-state index in [-0.39, 0.29) is 6.23 Å². The first-order valence-corrected chi connectivity index (χ1v) is 8.07. The van der Waals surface area contributed by atoms with E-state index in [1.54, 1.807) is 0 Å². The molecule has 0 saturated heterocycles. The zero-order chi connectivity index (χ0) is 14.4. The van der Waals surface area contributed by atoms with Gasteiger partial charge < -0.3 is 4.74 Å². The van der Waals surface area contributed by atoms with E-state index in [9.17, 15) is 0 Å². The highest BCUT2D eigenvalue weighted by molar-refractivity contribution is 9.10. The van der Waals surface area contributed by atoms with Gasteiger partial charge in [0.1, 0.15) is 16.2 Å². The van der Waals surface area contributed by atoms with Gasteiger partial charge in [-0.2, -0.15) is 0 Å². The minimum Gasteiger partial charge on any atom is -0.465 e. The number of nitrogens with zero attached hydrogens (tertiary/aromatic N) is 2. The van der Waals surface area contributed by atoms with Gasteiger partial charge in [0.05, 0.1) is 11.8 Å². The van der Waals surface area contributed by atoms with E-state index in [0.717, 1.165) is 31.8 Å². The van der Waals surface area contributed by atoms with Crippen molar-refractivity contribution in [3.05, 3.63) is 69.4 Å². The van der Waals surface area contributed by atoms with Crippen molar-refractivity contribution in [2.24, 2.45) is 0 Å². The number of rotatable bonds is 1. The second kappa shape index (κ2) is 5.00. The molecule has 2 aromatic carbocycles. The molecule has 3 aromatic rings. The molecule has 1 aliphatic rings. The fourth-order valence-corrected chi connectivity index (χ4v) is 3.34. The monoisotopic (exact) mass is 404 g/mol. The lowest BCUT2D eigenvalue weighted by molar-refractivity contribution is 0.165. The van der Waals surface area contributed by atoms with Crippen molar-refractivity contribution in [2.45, 2.75) is 6.23 Å². The maximum Gasteiger partial charge on any atom is 0.204 e. The Hall–Kier alpha value is -1.59. The maximum atomic E-state index is 6.23. The van der Waals surface area contributed by atoms with E-state index >= 15 is 0 Å². The molecule has 0 saturated carbocycles. The minimum atomic E-state index is -0.222. The molecule has 0 aliphatic carbocycles. The molecule has 0 bridgehead atoms. The third kappa shape index (κ3) is 2.12. The summed E-state index contributed by atoms with van der Waals surface area (Å²) in [6, 6.07) is 16.1. The van der Waals surface area contributed by atoms with Crippen LogP contribution in [0.4, 0.5) is 0 Å². The molecule has 3 nitrogen and oxygen atoms in total. The van der Waals surface area contributed by atoms with Crippen molar-refractivity contribution in [3.8, 4) is 17.1 Å². The number of halogens is 2. The van der Waals surface area contributed by atoms with Crippen molar-refractivity contribution in [1.29, 1.82) is 0 Å². The molecule has 4 rings (SSSR count). The number of hydrogen-bond donors (Lipinski definition) is 0.